The molecule has 1 N–H and O–H groups in total. The number of rotatable bonds is 6. The summed E-state index contributed by atoms with van der Waals surface area (Å²) in [7, 11) is 0. The maximum absolute atomic E-state index is 12.2. The van der Waals surface area contributed by atoms with E-state index < -0.39 is 0 Å². The molecular formula is C13H22N2O2. The smallest absolute Gasteiger partial charge is 0.244 e. The second kappa shape index (κ2) is 4.25. The summed E-state index contributed by atoms with van der Waals surface area (Å²) in [4.78, 5) is 14.2. The molecule has 3 fully saturated rings. The molecule has 2 aliphatic carbocycles. The molecule has 1 spiro atoms. The van der Waals surface area contributed by atoms with Gasteiger partial charge in [0.2, 0.25) is 5.91 Å². The van der Waals surface area contributed by atoms with Crippen molar-refractivity contribution in [2.75, 3.05) is 19.8 Å². The lowest BCUT2D eigenvalue weighted by Crippen LogP contribution is -2.39. The number of nitrogens with zero attached hydrogens (tertiary/aromatic N) is 1. The number of hydrogen-bond acceptors (Lipinski definition) is 3. The van der Waals surface area contributed by atoms with E-state index in [-0.39, 0.29) is 11.7 Å². The zero-order valence-electron chi connectivity index (χ0n) is 10.6. The SMILES string of the molecule is CCC1NC2(CC2)C(=O)N1CCOCC1CC1. The Morgan fingerprint density at radius 1 is 1.47 bits per heavy atom. The third-order valence-electron chi connectivity index (χ3n) is 4.15. The third-order valence-corrected chi connectivity index (χ3v) is 4.15. The lowest BCUT2D eigenvalue weighted by Gasteiger charge is -2.22. The normalized spacial score (nSPS) is 30.3. The fourth-order valence-corrected chi connectivity index (χ4v) is 2.64. The summed E-state index contributed by atoms with van der Waals surface area (Å²) < 4.78 is 5.63. The highest BCUT2D eigenvalue weighted by Crippen LogP contribution is 2.42. The minimum atomic E-state index is -0.169. The van der Waals surface area contributed by atoms with Crippen molar-refractivity contribution in [3.63, 3.8) is 0 Å². The van der Waals surface area contributed by atoms with Crippen LogP contribution in [0.1, 0.15) is 39.0 Å². The average molecular weight is 238 g/mol. The fourth-order valence-electron chi connectivity index (χ4n) is 2.64. The topological polar surface area (TPSA) is 41.6 Å². The Balaban J connectivity index is 1.48. The summed E-state index contributed by atoms with van der Waals surface area (Å²) >= 11 is 0. The second-order valence-corrected chi connectivity index (χ2v) is 5.67. The first kappa shape index (κ1) is 11.5. The van der Waals surface area contributed by atoms with Gasteiger partial charge in [0, 0.05) is 13.2 Å². The minimum absolute atomic E-state index is 0.169. The molecule has 4 nitrogen and oxygen atoms in total. The molecule has 0 bridgehead atoms. The van der Waals surface area contributed by atoms with Gasteiger partial charge in [0.15, 0.2) is 0 Å². The van der Waals surface area contributed by atoms with Gasteiger partial charge in [0.05, 0.1) is 18.3 Å². The van der Waals surface area contributed by atoms with Gasteiger partial charge in [-0.2, -0.15) is 0 Å². The Labute approximate surface area is 103 Å². The van der Waals surface area contributed by atoms with E-state index in [2.05, 4.69) is 12.2 Å². The van der Waals surface area contributed by atoms with Gasteiger partial charge in [-0.1, -0.05) is 6.92 Å². The summed E-state index contributed by atoms with van der Waals surface area (Å²) in [6.45, 7) is 4.46. The molecule has 1 saturated heterocycles. The molecule has 0 aromatic rings. The van der Waals surface area contributed by atoms with Crippen LogP contribution in [0.15, 0.2) is 0 Å². The van der Waals surface area contributed by atoms with E-state index in [9.17, 15) is 4.79 Å². The predicted octanol–water partition coefficient (Wildman–Crippen LogP) is 1.11. The summed E-state index contributed by atoms with van der Waals surface area (Å²) in [5.74, 6) is 1.11. The Bertz CT molecular complexity index is 311. The molecule has 1 unspecified atom stereocenters. The first-order chi connectivity index (χ1) is 8.25. The second-order valence-electron chi connectivity index (χ2n) is 5.67. The molecule has 17 heavy (non-hydrogen) atoms. The van der Waals surface area contributed by atoms with Crippen LogP contribution in [-0.4, -0.2) is 42.3 Å². The summed E-state index contributed by atoms with van der Waals surface area (Å²) in [5.41, 5.74) is -0.169. The van der Waals surface area contributed by atoms with Crippen molar-refractivity contribution in [1.29, 1.82) is 0 Å². The monoisotopic (exact) mass is 238 g/mol. The van der Waals surface area contributed by atoms with E-state index >= 15 is 0 Å². The average Bonchev–Trinajstić information content (AvgIpc) is 3.21. The highest BCUT2D eigenvalue weighted by molar-refractivity contribution is 5.91. The van der Waals surface area contributed by atoms with Gasteiger partial charge >= 0.3 is 0 Å². The Kier molecular flexibility index (Phi) is 2.87. The Morgan fingerprint density at radius 3 is 2.82 bits per heavy atom. The molecule has 1 heterocycles. The molecule has 0 radical (unpaired) electrons. The highest BCUT2D eigenvalue weighted by Gasteiger charge is 2.58. The van der Waals surface area contributed by atoms with Gasteiger partial charge in [-0.15, -0.1) is 0 Å². The van der Waals surface area contributed by atoms with Gasteiger partial charge in [-0.05, 0) is 38.0 Å². The number of amides is 1. The van der Waals surface area contributed by atoms with Gasteiger partial charge in [0.25, 0.3) is 0 Å². The molecule has 1 amide bonds. The first-order valence-electron chi connectivity index (χ1n) is 6.92. The molecule has 2 saturated carbocycles. The highest BCUT2D eigenvalue weighted by atomic mass is 16.5. The zero-order chi connectivity index (χ0) is 11.9. The van der Waals surface area contributed by atoms with Crippen molar-refractivity contribution >= 4 is 5.91 Å². The van der Waals surface area contributed by atoms with Crippen LogP contribution < -0.4 is 5.32 Å². The molecule has 0 aromatic heterocycles. The van der Waals surface area contributed by atoms with Crippen LogP contribution in [-0.2, 0) is 9.53 Å². The molecule has 3 aliphatic rings. The van der Waals surface area contributed by atoms with Crippen LogP contribution in [0.2, 0.25) is 0 Å². The third kappa shape index (κ3) is 2.20. The number of carbonyl (C=O) groups excluding carboxylic acids is 1. The van der Waals surface area contributed by atoms with E-state index in [1.807, 2.05) is 4.90 Å². The molecular weight excluding hydrogens is 216 g/mol. The summed E-state index contributed by atoms with van der Waals surface area (Å²) in [6, 6.07) is 0. The number of nitrogens with one attached hydrogen (secondary N) is 1. The van der Waals surface area contributed by atoms with Crippen molar-refractivity contribution in [3.05, 3.63) is 0 Å². The van der Waals surface area contributed by atoms with Crippen molar-refractivity contribution < 1.29 is 9.53 Å². The van der Waals surface area contributed by atoms with E-state index in [1.165, 1.54) is 12.8 Å². The molecule has 0 aromatic carbocycles. The van der Waals surface area contributed by atoms with Crippen LogP contribution in [0.4, 0.5) is 0 Å². The van der Waals surface area contributed by atoms with Gasteiger partial charge in [-0.3, -0.25) is 10.1 Å². The van der Waals surface area contributed by atoms with Crippen LogP contribution in [0, 0.1) is 5.92 Å². The fraction of sp³-hybridized carbons (Fsp3) is 0.923. The molecule has 3 rings (SSSR count). The lowest BCUT2D eigenvalue weighted by atomic mass is 10.3. The molecule has 1 atom stereocenters. The van der Waals surface area contributed by atoms with Crippen LogP contribution in [0.25, 0.3) is 0 Å². The first-order valence-corrected chi connectivity index (χ1v) is 6.92. The quantitative estimate of drug-likeness (QED) is 0.705. The summed E-state index contributed by atoms with van der Waals surface area (Å²) in [6.07, 6.45) is 5.89. The van der Waals surface area contributed by atoms with E-state index in [0.717, 1.165) is 38.3 Å². The number of ether oxygens (including phenoxy) is 1. The summed E-state index contributed by atoms with van der Waals surface area (Å²) in [5, 5.41) is 3.47. The standard InChI is InChI=1S/C13H22N2O2/c1-2-11-14-13(5-6-13)12(16)15(11)7-8-17-9-10-3-4-10/h10-11,14H,2-9H2,1H3. The van der Waals surface area contributed by atoms with Crippen molar-refractivity contribution in [3.8, 4) is 0 Å². The number of hydrogen-bond donors (Lipinski definition) is 1. The Hall–Kier alpha value is -0.610. The van der Waals surface area contributed by atoms with Crippen LogP contribution >= 0.6 is 0 Å². The molecule has 1 aliphatic heterocycles. The van der Waals surface area contributed by atoms with Gasteiger partial charge in [0.1, 0.15) is 0 Å². The largest absolute Gasteiger partial charge is 0.379 e. The molecule has 96 valence electrons. The van der Waals surface area contributed by atoms with Crippen LogP contribution in [0.3, 0.4) is 0 Å². The predicted molar refractivity (Wildman–Crippen MR) is 64.4 cm³/mol. The molecule has 4 heteroatoms. The maximum Gasteiger partial charge on any atom is 0.244 e. The number of carbonyl (C=O) groups is 1. The zero-order valence-corrected chi connectivity index (χ0v) is 10.6. The van der Waals surface area contributed by atoms with Crippen molar-refractivity contribution in [2.24, 2.45) is 5.92 Å². The van der Waals surface area contributed by atoms with Crippen molar-refractivity contribution in [2.45, 2.75) is 50.7 Å². The van der Waals surface area contributed by atoms with Crippen molar-refractivity contribution in [1.82, 2.24) is 10.2 Å². The van der Waals surface area contributed by atoms with E-state index in [1.54, 1.807) is 0 Å². The van der Waals surface area contributed by atoms with Gasteiger partial charge in [-0.25, -0.2) is 0 Å². The Morgan fingerprint density at radius 2 is 2.24 bits per heavy atom. The lowest BCUT2D eigenvalue weighted by molar-refractivity contribution is -0.131. The van der Waals surface area contributed by atoms with Gasteiger partial charge < -0.3 is 9.64 Å². The van der Waals surface area contributed by atoms with E-state index in [4.69, 9.17) is 4.74 Å². The maximum atomic E-state index is 12.2. The van der Waals surface area contributed by atoms with E-state index in [0.29, 0.717) is 12.5 Å². The van der Waals surface area contributed by atoms with Crippen LogP contribution in [0.5, 0.6) is 0 Å². The minimum Gasteiger partial charge on any atom is -0.379 e.